The van der Waals surface area contributed by atoms with Crippen LogP contribution in [0.5, 0.6) is 0 Å². The molecule has 2 N–H and O–H groups in total. The second-order valence-electron chi connectivity index (χ2n) is 6.12. The molecule has 0 saturated heterocycles. The number of nitrogens with zero attached hydrogens (tertiary/aromatic N) is 2. The van der Waals surface area contributed by atoms with Crippen molar-refractivity contribution in [1.82, 2.24) is 9.97 Å². The zero-order valence-electron chi connectivity index (χ0n) is 15.0. The van der Waals surface area contributed by atoms with E-state index in [1.165, 1.54) is 4.88 Å². The molecule has 0 aliphatic carbocycles. The fourth-order valence-corrected chi connectivity index (χ4v) is 3.61. The predicted molar refractivity (Wildman–Crippen MR) is 105 cm³/mol. The maximum atomic E-state index is 10.8. The number of anilines is 2. The Morgan fingerprint density at radius 1 is 1.12 bits per heavy atom. The molecule has 2 heterocycles. The third-order valence-corrected chi connectivity index (χ3v) is 5.10. The molecule has 0 bridgehead atoms. The van der Waals surface area contributed by atoms with Crippen LogP contribution in [0.1, 0.15) is 28.6 Å². The van der Waals surface area contributed by atoms with Gasteiger partial charge in [-0.05, 0) is 50.1 Å². The number of carboxylic acids is 1. The van der Waals surface area contributed by atoms with E-state index in [4.69, 9.17) is 10.1 Å². The number of aliphatic carboxylic acids is 1. The lowest BCUT2D eigenvalue weighted by Crippen LogP contribution is -2.05. The molecule has 0 atom stereocenters. The van der Waals surface area contributed by atoms with E-state index in [-0.39, 0.29) is 6.42 Å². The van der Waals surface area contributed by atoms with E-state index in [2.05, 4.69) is 30.2 Å². The van der Waals surface area contributed by atoms with E-state index in [1.807, 2.05) is 37.3 Å². The molecule has 0 aliphatic heterocycles. The monoisotopic (exact) mass is 367 g/mol. The first-order valence-electron chi connectivity index (χ1n) is 8.48. The van der Waals surface area contributed by atoms with Crippen LogP contribution in [0.2, 0.25) is 0 Å². The number of hydrogen-bond acceptors (Lipinski definition) is 5. The van der Waals surface area contributed by atoms with Crippen LogP contribution in [0.25, 0.3) is 10.7 Å². The van der Waals surface area contributed by atoms with E-state index in [9.17, 15) is 4.79 Å². The van der Waals surface area contributed by atoms with Gasteiger partial charge in [-0.1, -0.05) is 19.1 Å². The smallest absolute Gasteiger partial charge is 0.307 e. The SMILES string of the molecule is CCc1c(C)nc(-c2ccc(C)s2)nc1Nc1ccc(CC(=O)O)cc1. The molecule has 1 aromatic carbocycles. The van der Waals surface area contributed by atoms with Crippen LogP contribution in [0.15, 0.2) is 36.4 Å². The molecular formula is C20H21N3O2S. The summed E-state index contributed by atoms with van der Waals surface area (Å²) in [5.74, 6) is 0.691. The number of carboxylic acid groups (broad SMARTS) is 1. The van der Waals surface area contributed by atoms with Crippen LogP contribution in [-0.2, 0) is 17.6 Å². The molecule has 134 valence electrons. The number of rotatable bonds is 6. The van der Waals surface area contributed by atoms with Gasteiger partial charge in [-0.2, -0.15) is 0 Å². The topological polar surface area (TPSA) is 75.1 Å². The molecule has 0 unspecified atom stereocenters. The highest BCUT2D eigenvalue weighted by Crippen LogP contribution is 2.29. The van der Waals surface area contributed by atoms with Crippen LogP contribution in [0.3, 0.4) is 0 Å². The van der Waals surface area contributed by atoms with E-state index in [0.717, 1.165) is 45.4 Å². The van der Waals surface area contributed by atoms with Crippen LogP contribution in [0.4, 0.5) is 11.5 Å². The van der Waals surface area contributed by atoms with E-state index in [1.54, 1.807) is 11.3 Å². The Labute approximate surface area is 156 Å². The molecule has 3 aromatic rings. The van der Waals surface area contributed by atoms with Crippen molar-refractivity contribution in [3.05, 3.63) is 58.1 Å². The summed E-state index contributed by atoms with van der Waals surface area (Å²) >= 11 is 1.68. The minimum Gasteiger partial charge on any atom is -0.481 e. The molecule has 0 saturated carbocycles. The first-order valence-corrected chi connectivity index (χ1v) is 9.30. The van der Waals surface area contributed by atoms with Gasteiger partial charge in [-0.25, -0.2) is 9.97 Å². The zero-order valence-corrected chi connectivity index (χ0v) is 15.9. The summed E-state index contributed by atoms with van der Waals surface area (Å²) < 4.78 is 0. The maximum Gasteiger partial charge on any atom is 0.307 e. The lowest BCUT2D eigenvalue weighted by atomic mass is 10.1. The number of aryl methyl sites for hydroxylation is 2. The van der Waals surface area contributed by atoms with Gasteiger partial charge in [0.25, 0.3) is 0 Å². The Hall–Kier alpha value is -2.73. The summed E-state index contributed by atoms with van der Waals surface area (Å²) in [6.07, 6.45) is 0.851. The third-order valence-electron chi connectivity index (χ3n) is 4.10. The van der Waals surface area contributed by atoms with E-state index < -0.39 is 5.97 Å². The highest BCUT2D eigenvalue weighted by atomic mass is 32.1. The van der Waals surface area contributed by atoms with Gasteiger partial charge in [0.2, 0.25) is 0 Å². The summed E-state index contributed by atoms with van der Waals surface area (Å²) in [5.41, 5.74) is 3.69. The first-order chi connectivity index (χ1) is 12.5. The van der Waals surface area contributed by atoms with Crippen molar-refractivity contribution in [2.45, 2.75) is 33.6 Å². The Kier molecular flexibility index (Phi) is 5.32. The standard InChI is InChI=1S/C20H21N3O2S/c1-4-16-13(3)21-20(17-10-5-12(2)26-17)23-19(16)22-15-8-6-14(7-9-15)11-18(24)25/h5-10H,4,11H2,1-3H3,(H,24,25)(H,21,22,23). The van der Waals surface area contributed by atoms with Gasteiger partial charge < -0.3 is 10.4 Å². The Bertz CT molecular complexity index is 933. The summed E-state index contributed by atoms with van der Waals surface area (Å²) in [6.45, 7) is 6.16. The van der Waals surface area contributed by atoms with Gasteiger partial charge in [0.15, 0.2) is 5.82 Å². The molecule has 3 rings (SSSR count). The Balaban J connectivity index is 1.92. The Morgan fingerprint density at radius 3 is 2.42 bits per heavy atom. The molecule has 5 nitrogen and oxygen atoms in total. The van der Waals surface area contributed by atoms with Crippen LogP contribution < -0.4 is 5.32 Å². The van der Waals surface area contributed by atoms with E-state index >= 15 is 0 Å². The van der Waals surface area contributed by atoms with Crippen molar-refractivity contribution >= 4 is 28.8 Å². The van der Waals surface area contributed by atoms with Gasteiger partial charge in [0.1, 0.15) is 5.82 Å². The van der Waals surface area contributed by atoms with Crippen molar-refractivity contribution in [3.8, 4) is 10.7 Å². The van der Waals surface area contributed by atoms with Gasteiger partial charge >= 0.3 is 5.97 Å². The van der Waals surface area contributed by atoms with Gasteiger partial charge in [-0.15, -0.1) is 11.3 Å². The molecule has 0 fully saturated rings. The fourth-order valence-electron chi connectivity index (χ4n) is 2.80. The number of thiophene rings is 1. The Morgan fingerprint density at radius 2 is 1.85 bits per heavy atom. The highest BCUT2D eigenvalue weighted by molar-refractivity contribution is 7.15. The molecule has 0 radical (unpaired) electrons. The van der Waals surface area contributed by atoms with Crippen molar-refractivity contribution in [3.63, 3.8) is 0 Å². The summed E-state index contributed by atoms with van der Waals surface area (Å²) in [7, 11) is 0. The second kappa shape index (κ2) is 7.66. The average Bonchev–Trinajstić information content (AvgIpc) is 3.02. The molecule has 0 spiro atoms. The predicted octanol–water partition coefficient (Wildman–Crippen LogP) is 4.76. The normalized spacial score (nSPS) is 10.7. The number of hydrogen-bond donors (Lipinski definition) is 2. The average molecular weight is 367 g/mol. The lowest BCUT2D eigenvalue weighted by Gasteiger charge is -2.14. The van der Waals surface area contributed by atoms with Crippen molar-refractivity contribution in [1.29, 1.82) is 0 Å². The molecular weight excluding hydrogens is 346 g/mol. The van der Waals surface area contributed by atoms with Gasteiger partial charge in [0.05, 0.1) is 11.3 Å². The summed E-state index contributed by atoms with van der Waals surface area (Å²) in [6, 6.07) is 11.5. The quantitative estimate of drug-likeness (QED) is 0.657. The lowest BCUT2D eigenvalue weighted by molar-refractivity contribution is -0.136. The number of benzene rings is 1. The largest absolute Gasteiger partial charge is 0.481 e. The zero-order chi connectivity index (χ0) is 18.7. The van der Waals surface area contributed by atoms with Gasteiger partial charge in [0, 0.05) is 21.8 Å². The summed E-state index contributed by atoms with van der Waals surface area (Å²) in [4.78, 5) is 22.5. The van der Waals surface area contributed by atoms with Crippen molar-refractivity contribution < 1.29 is 9.90 Å². The van der Waals surface area contributed by atoms with E-state index in [0.29, 0.717) is 0 Å². The van der Waals surface area contributed by atoms with Crippen LogP contribution in [-0.4, -0.2) is 21.0 Å². The van der Waals surface area contributed by atoms with Crippen LogP contribution >= 0.6 is 11.3 Å². The highest BCUT2D eigenvalue weighted by Gasteiger charge is 2.13. The minimum absolute atomic E-state index is 0.0228. The molecule has 0 amide bonds. The second-order valence-corrected chi connectivity index (χ2v) is 7.40. The molecule has 2 aromatic heterocycles. The molecule has 26 heavy (non-hydrogen) atoms. The maximum absolute atomic E-state index is 10.8. The number of nitrogens with one attached hydrogen (secondary N) is 1. The summed E-state index contributed by atoms with van der Waals surface area (Å²) in [5, 5.41) is 12.2. The number of aromatic nitrogens is 2. The van der Waals surface area contributed by atoms with Crippen molar-refractivity contribution in [2.75, 3.05) is 5.32 Å². The third kappa shape index (κ3) is 4.08. The van der Waals surface area contributed by atoms with Crippen LogP contribution in [0, 0.1) is 13.8 Å². The number of carbonyl (C=O) groups is 1. The fraction of sp³-hybridized carbons (Fsp3) is 0.250. The minimum atomic E-state index is -0.832. The van der Waals surface area contributed by atoms with Crippen molar-refractivity contribution in [2.24, 2.45) is 0 Å². The first kappa shape index (κ1) is 18.1. The molecule has 6 heteroatoms. The van der Waals surface area contributed by atoms with Gasteiger partial charge in [-0.3, -0.25) is 4.79 Å². The molecule has 0 aliphatic rings.